The van der Waals surface area contributed by atoms with E-state index < -0.39 is 4.92 Å². The van der Waals surface area contributed by atoms with E-state index in [0.29, 0.717) is 19.1 Å². The Morgan fingerprint density at radius 2 is 2.29 bits per heavy atom. The molecule has 0 radical (unpaired) electrons. The van der Waals surface area contributed by atoms with Gasteiger partial charge in [-0.1, -0.05) is 0 Å². The van der Waals surface area contributed by atoms with Crippen molar-refractivity contribution in [2.24, 2.45) is 0 Å². The molecule has 0 unspecified atom stereocenters. The van der Waals surface area contributed by atoms with Gasteiger partial charge in [0.25, 0.3) is 11.2 Å². The molecule has 1 saturated carbocycles. The Hall–Kier alpha value is -1.21. The number of hydrogen-bond donors (Lipinski definition) is 1. The van der Waals surface area contributed by atoms with E-state index in [1.54, 1.807) is 0 Å². The van der Waals surface area contributed by atoms with Gasteiger partial charge in [-0.3, -0.25) is 14.9 Å². The molecule has 1 fully saturated rings. The number of halogens is 1. The molecule has 1 aliphatic rings. The van der Waals surface area contributed by atoms with Crippen LogP contribution in [0, 0.1) is 10.1 Å². The predicted molar refractivity (Wildman–Crippen MR) is 66.1 cm³/mol. The Labute approximate surface area is 106 Å². The van der Waals surface area contributed by atoms with Crippen molar-refractivity contribution in [3.8, 4) is 0 Å². The fraction of sp³-hybridized carbons (Fsp3) is 0.500. The molecule has 1 aliphatic carbocycles. The first-order valence-electron chi connectivity index (χ1n) is 5.35. The molecule has 1 heterocycles. The van der Waals surface area contributed by atoms with Crippen molar-refractivity contribution in [2.45, 2.75) is 25.4 Å². The Morgan fingerprint density at radius 3 is 2.88 bits per heavy atom. The summed E-state index contributed by atoms with van der Waals surface area (Å²) in [5.41, 5.74) is -0.323. The van der Waals surface area contributed by atoms with Crippen LogP contribution in [0.15, 0.2) is 21.5 Å². The number of nitrogens with zero attached hydrogens (tertiary/aromatic N) is 2. The van der Waals surface area contributed by atoms with Crippen molar-refractivity contribution in [1.82, 2.24) is 9.88 Å². The highest BCUT2D eigenvalue weighted by molar-refractivity contribution is 9.10. The quantitative estimate of drug-likeness (QED) is 0.656. The highest BCUT2D eigenvalue weighted by Crippen LogP contribution is 2.18. The zero-order valence-electron chi connectivity index (χ0n) is 9.06. The summed E-state index contributed by atoms with van der Waals surface area (Å²) in [6, 6.07) is 1.79. The fourth-order valence-corrected chi connectivity index (χ4v) is 1.99. The molecule has 0 aromatic carbocycles. The first kappa shape index (κ1) is 12.3. The van der Waals surface area contributed by atoms with Gasteiger partial charge < -0.3 is 9.88 Å². The molecule has 1 N–H and O–H groups in total. The lowest BCUT2D eigenvalue weighted by atomic mass is 10.4. The topological polar surface area (TPSA) is 77.2 Å². The first-order chi connectivity index (χ1) is 8.08. The zero-order valence-corrected chi connectivity index (χ0v) is 10.6. The van der Waals surface area contributed by atoms with Crippen LogP contribution in [0.3, 0.4) is 0 Å². The lowest BCUT2D eigenvalue weighted by molar-refractivity contribution is -0.385. The average molecular weight is 302 g/mol. The van der Waals surface area contributed by atoms with Crippen molar-refractivity contribution in [2.75, 3.05) is 6.54 Å². The number of nitro groups is 1. The molecule has 1 aromatic rings. The number of aromatic nitrogens is 1. The van der Waals surface area contributed by atoms with Crippen LogP contribution in [0.5, 0.6) is 0 Å². The molecule has 0 aliphatic heterocycles. The molecule has 1 aromatic heterocycles. The Kier molecular flexibility index (Phi) is 3.58. The third kappa shape index (κ3) is 3.13. The average Bonchev–Trinajstić information content (AvgIpc) is 3.07. The number of nitrogens with one attached hydrogen (secondary N) is 1. The van der Waals surface area contributed by atoms with Gasteiger partial charge in [0.15, 0.2) is 0 Å². The summed E-state index contributed by atoms with van der Waals surface area (Å²) in [7, 11) is 0. The lowest BCUT2D eigenvalue weighted by Gasteiger charge is -2.06. The molecular weight excluding hydrogens is 290 g/mol. The van der Waals surface area contributed by atoms with Crippen LogP contribution in [0.2, 0.25) is 0 Å². The van der Waals surface area contributed by atoms with Crippen LogP contribution >= 0.6 is 15.9 Å². The molecule has 2 rings (SSSR count). The van der Waals surface area contributed by atoms with Gasteiger partial charge in [0.05, 0.1) is 15.6 Å². The Balaban J connectivity index is 2.12. The zero-order chi connectivity index (χ0) is 12.4. The smallest absolute Gasteiger partial charge is 0.286 e. The standard InChI is InChI=1S/C10H12BrN3O3/c11-9-5-8(14(16)17)6-13(10(9)15)4-3-12-7-1-2-7/h5-7,12H,1-4H2. The maximum Gasteiger partial charge on any atom is 0.286 e. The third-order valence-electron chi connectivity index (χ3n) is 2.60. The van der Waals surface area contributed by atoms with Gasteiger partial charge in [0.1, 0.15) is 0 Å². The maximum atomic E-state index is 11.7. The van der Waals surface area contributed by atoms with E-state index >= 15 is 0 Å². The lowest BCUT2D eigenvalue weighted by Crippen LogP contribution is -2.28. The number of rotatable bonds is 5. The summed E-state index contributed by atoms with van der Waals surface area (Å²) in [4.78, 5) is 21.9. The van der Waals surface area contributed by atoms with E-state index in [9.17, 15) is 14.9 Å². The van der Waals surface area contributed by atoms with Crippen molar-refractivity contribution < 1.29 is 4.92 Å². The fourth-order valence-electron chi connectivity index (χ4n) is 1.53. The van der Waals surface area contributed by atoms with Gasteiger partial charge in [0, 0.05) is 25.2 Å². The molecular formula is C10H12BrN3O3. The van der Waals surface area contributed by atoms with Crippen LogP contribution in [-0.4, -0.2) is 22.1 Å². The summed E-state index contributed by atoms with van der Waals surface area (Å²) in [5.74, 6) is 0. The summed E-state index contributed by atoms with van der Waals surface area (Å²) in [6.07, 6.45) is 3.63. The predicted octanol–water partition coefficient (Wildman–Crippen LogP) is 1.27. The van der Waals surface area contributed by atoms with Crippen LogP contribution in [0.1, 0.15) is 12.8 Å². The maximum absolute atomic E-state index is 11.7. The highest BCUT2D eigenvalue weighted by Gasteiger charge is 2.20. The van der Waals surface area contributed by atoms with E-state index in [-0.39, 0.29) is 15.7 Å². The third-order valence-corrected chi connectivity index (χ3v) is 3.17. The van der Waals surface area contributed by atoms with Crippen LogP contribution in [-0.2, 0) is 6.54 Å². The van der Waals surface area contributed by atoms with Crippen molar-refractivity contribution >= 4 is 21.6 Å². The van der Waals surface area contributed by atoms with E-state index in [1.165, 1.54) is 29.7 Å². The Morgan fingerprint density at radius 1 is 1.59 bits per heavy atom. The van der Waals surface area contributed by atoms with Gasteiger partial charge >= 0.3 is 0 Å². The van der Waals surface area contributed by atoms with E-state index in [1.807, 2.05) is 0 Å². The number of pyridine rings is 1. The monoisotopic (exact) mass is 301 g/mol. The molecule has 0 amide bonds. The van der Waals surface area contributed by atoms with Gasteiger partial charge in [-0.05, 0) is 28.8 Å². The normalized spacial score (nSPS) is 14.9. The van der Waals surface area contributed by atoms with Crippen LogP contribution in [0.4, 0.5) is 5.69 Å². The minimum absolute atomic E-state index is 0.0807. The second-order valence-corrected chi connectivity index (χ2v) is 4.88. The summed E-state index contributed by atoms with van der Waals surface area (Å²) < 4.78 is 1.58. The highest BCUT2D eigenvalue weighted by atomic mass is 79.9. The largest absolute Gasteiger partial charge is 0.312 e. The Bertz CT molecular complexity index is 496. The number of hydrogen-bond acceptors (Lipinski definition) is 4. The molecule has 0 saturated heterocycles. The van der Waals surface area contributed by atoms with Crippen molar-refractivity contribution in [3.63, 3.8) is 0 Å². The molecule has 0 spiro atoms. The minimum Gasteiger partial charge on any atom is -0.312 e. The molecule has 7 heteroatoms. The van der Waals surface area contributed by atoms with E-state index in [4.69, 9.17) is 0 Å². The minimum atomic E-state index is -0.505. The SMILES string of the molecule is O=c1c(Br)cc([N+](=O)[O-])cn1CCNC1CC1. The van der Waals surface area contributed by atoms with Gasteiger partial charge in [-0.15, -0.1) is 0 Å². The van der Waals surface area contributed by atoms with Gasteiger partial charge in [0.2, 0.25) is 0 Å². The molecule has 6 nitrogen and oxygen atoms in total. The van der Waals surface area contributed by atoms with Gasteiger partial charge in [-0.2, -0.15) is 0 Å². The second kappa shape index (κ2) is 4.97. The second-order valence-electron chi connectivity index (χ2n) is 4.03. The summed E-state index contributed by atoms with van der Waals surface area (Å²) in [5, 5.41) is 13.9. The molecule has 92 valence electrons. The van der Waals surface area contributed by atoms with E-state index in [2.05, 4.69) is 21.2 Å². The van der Waals surface area contributed by atoms with Crippen LogP contribution in [0.25, 0.3) is 0 Å². The van der Waals surface area contributed by atoms with Crippen molar-refractivity contribution in [3.05, 3.63) is 37.2 Å². The summed E-state index contributed by atoms with van der Waals surface area (Å²) >= 11 is 3.04. The van der Waals surface area contributed by atoms with Gasteiger partial charge in [-0.25, -0.2) is 0 Å². The molecule has 0 atom stereocenters. The van der Waals surface area contributed by atoms with E-state index in [0.717, 1.165) is 0 Å². The van der Waals surface area contributed by atoms with Crippen molar-refractivity contribution in [1.29, 1.82) is 0 Å². The molecule has 0 bridgehead atoms. The van der Waals surface area contributed by atoms with Crippen LogP contribution < -0.4 is 10.9 Å². The first-order valence-corrected chi connectivity index (χ1v) is 6.15. The summed E-state index contributed by atoms with van der Waals surface area (Å²) in [6.45, 7) is 1.09. The molecule has 17 heavy (non-hydrogen) atoms.